The minimum absolute atomic E-state index is 0.0824. The Morgan fingerprint density at radius 1 is 1.27 bits per heavy atom. The summed E-state index contributed by atoms with van der Waals surface area (Å²) < 4.78 is 17.5. The Labute approximate surface area is 158 Å². The molecule has 0 aliphatic carbocycles. The van der Waals surface area contributed by atoms with E-state index in [2.05, 4.69) is 5.32 Å². The molecule has 26 heavy (non-hydrogen) atoms. The number of rotatable bonds is 7. The molecular weight excluding hydrogens is 378 g/mol. The third-order valence-corrected chi connectivity index (χ3v) is 5.58. The van der Waals surface area contributed by atoms with Crippen LogP contribution in [0.3, 0.4) is 0 Å². The maximum Gasteiger partial charge on any atom is 0.335 e. The van der Waals surface area contributed by atoms with Gasteiger partial charge in [0.1, 0.15) is 11.0 Å². The summed E-state index contributed by atoms with van der Waals surface area (Å²) in [7, 11) is -0.0249. The summed E-state index contributed by atoms with van der Waals surface area (Å²) in [6, 6.07) is 11.0. The lowest BCUT2D eigenvalue weighted by molar-refractivity contribution is -0.115. The molecule has 138 valence electrons. The van der Waals surface area contributed by atoms with Crippen molar-refractivity contribution in [2.45, 2.75) is 17.9 Å². The third-order valence-electron chi connectivity index (χ3n) is 3.67. The highest BCUT2D eigenvalue weighted by Gasteiger charge is 2.21. The van der Waals surface area contributed by atoms with Gasteiger partial charge in [-0.05, 0) is 42.8 Å². The van der Waals surface area contributed by atoms with Crippen LogP contribution >= 0.6 is 11.6 Å². The van der Waals surface area contributed by atoms with Gasteiger partial charge in [-0.1, -0.05) is 23.7 Å². The molecule has 1 amide bonds. The number of aromatic carboxylic acids is 1. The molecule has 2 rings (SSSR count). The largest absolute Gasteiger partial charge is 0.495 e. The quantitative estimate of drug-likeness (QED) is 0.750. The molecule has 2 atom stereocenters. The molecular formula is C18H18ClNO5S. The lowest BCUT2D eigenvalue weighted by atomic mass is 10.1. The first-order valence-corrected chi connectivity index (χ1v) is 9.41. The molecule has 0 radical (unpaired) electrons. The number of anilines is 1. The summed E-state index contributed by atoms with van der Waals surface area (Å²) >= 11 is 6.02. The molecule has 0 heterocycles. The second kappa shape index (κ2) is 8.82. The number of benzene rings is 2. The lowest BCUT2D eigenvalue weighted by Gasteiger charge is -2.13. The highest BCUT2D eigenvalue weighted by molar-refractivity contribution is 7.85. The SMILES string of the molecule is COc1ccc(NC(=O)C(C)S(=O)Cc2cccc(C(=O)O)c2)cc1Cl. The molecule has 2 aromatic carbocycles. The summed E-state index contributed by atoms with van der Waals surface area (Å²) in [5.41, 5.74) is 1.18. The summed E-state index contributed by atoms with van der Waals surface area (Å²) in [4.78, 5) is 23.3. The number of halogens is 1. The first-order valence-electron chi connectivity index (χ1n) is 7.65. The molecule has 6 nitrogen and oxygen atoms in total. The number of hydrogen-bond acceptors (Lipinski definition) is 4. The number of methoxy groups -OCH3 is 1. The molecule has 0 aliphatic rings. The van der Waals surface area contributed by atoms with Gasteiger partial charge < -0.3 is 15.2 Å². The lowest BCUT2D eigenvalue weighted by Crippen LogP contribution is -2.29. The second-order valence-corrected chi connectivity index (χ2v) is 7.68. The second-order valence-electron chi connectivity index (χ2n) is 5.51. The van der Waals surface area contributed by atoms with E-state index in [1.807, 2.05) is 0 Å². The minimum Gasteiger partial charge on any atom is -0.495 e. The molecule has 0 aliphatic heterocycles. The van der Waals surface area contributed by atoms with Gasteiger partial charge in [-0.25, -0.2) is 4.79 Å². The van der Waals surface area contributed by atoms with Gasteiger partial charge in [-0.3, -0.25) is 9.00 Å². The van der Waals surface area contributed by atoms with Gasteiger partial charge in [-0.2, -0.15) is 0 Å². The van der Waals surface area contributed by atoms with E-state index in [1.165, 1.54) is 19.2 Å². The average molecular weight is 396 g/mol. The van der Waals surface area contributed by atoms with Gasteiger partial charge in [0, 0.05) is 22.2 Å². The number of ether oxygens (including phenoxy) is 1. The van der Waals surface area contributed by atoms with E-state index in [9.17, 15) is 13.8 Å². The fraction of sp³-hybridized carbons (Fsp3) is 0.222. The molecule has 2 unspecified atom stereocenters. The Bertz CT molecular complexity index is 855. The van der Waals surface area contributed by atoms with Crippen LogP contribution in [-0.4, -0.2) is 33.6 Å². The van der Waals surface area contributed by atoms with Crippen molar-refractivity contribution in [3.8, 4) is 5.75 Å². The minimum atomic E-state index is -1.51. The summed E-state index contributed by atoms with van der Waals surface area (Å²) in [6.45, 7) is 1.55. The number of carbonyl (C=O) groups is 2. The van der Waals surface area contributed by atoms with Crippen LogP contribution in [0.2, 0.25) is 5.02 Å². The molecule has 0 saturated heterocycles. The first kappa shape index (κ1) is 19.9. The van der Waals surface area contributed by atoms with E-state index in [0.717, 1.165) is 0 Å². The molecule has 0 bridgehead atoms. The molecule has 2 N–H and O–H groups in total. The van der Waals surface area contributed by atoms with Crippen molar-refractivity contribution < 1.29 is 23.6 Å². The van der Waals surface area contributed by atoms with E-state index in [-0.39, 0.29) is 11.3 Å². The van der Waals surface area contributed by atoms with Gasteiger partial charge >= 0.3 is 5.97 Å². The van der Waals surface area contributed by atoms with Crippen molar-refractivity contribution in [3.05, 3.63) is 58.6 Å². The predicted molar refractivity (Wildman–Crippen MR) is 101 cm³/mol. The molecule has 2 aromatic rings. The molecule has 0 fully saturated rings. The van der Waals surface area contributed by atoms with Crippen LogP contribution in [0, 0.1) is 0 Å². The van der Waals surface area contributed by atoms with E-state index in [0.29, 0.717) is 22.0 Å². The van der Waals surface area contributed by atoms with Gasteiger partial charge in [0.15, 0.2) is 0 Å². The van der Waals surface area contributed by atoms with Crippen molar-refractivity contribution in [1.29, 1.82) is 0 Å². The number of carboxylic acid groups (broad SMARTS) is 1. The Balaban J connectivity index is 2.03. The molecule has 0 spiro atoms. The van der Waals surface area contributed by atoms with E-state index in [1.54, 1.807) is 37.3 Å². The zero-order valence-corrected chi connectivity index (χ0v) is 15.8. The zero-order chi connectivity index (χ0) is 19.3. The van der Waals surface area contributed by atoms with Crippen LogP contribution in [0.15, 0.2) is 42.5 Å². The fourth-order valence-corrected chi connectivity index (χ4v) is 3.50. The number of nitrogens with one attached hydrogen (secondary N) is 1. The van der Waals surface area contributed by atoms with Crippen molar-refractivity contribution >= 4 is 40.0 Å². The Kier molecular flexibility index (Phi) is 6.76. The van der Waals surface area contributed by atoms with E-state index >= 15 is 0 Å². The highest BCUT2D eigenvalue weighted by Crippen LogP contribution is 2.27. The first-order chi connectivity index (χ1) is 12.3. The molecule has 0 aromatic heterocycles. The molecule has 0 saturated carbocycles. The molecule has 8 heteroatoms. The number of amides is 1. The van der Waals surface area contributed by atoms with Crippen LogP contribution in [0.25, 0.3) is 0 Å². The van der Waals surface area contributed by atoms with Gasteiger partial charge in [0.25, 0.3) is 0 Å². The smallest absolute Gasteiger partial charge is 0.335 e. The maximum absolute atomic E-state index is 12.4. The van der Waals surface area contributed by atoms with Crippen molar-refractivity contribution in [2.75, 3.05) is 12.4 Å². The van der Waals surface area contributed by atoms with Crippen molar-refractivity contribution in [3.63, 3.8) is 0 Å². The van der Waals surface area contributed by atoms with Crippen molar-refractivity contribution in [1.82, 2.24) is 0 Å². The number of carbonyl (C=O) groups excluding carboxylic acids is 1. The Morgan fingerprint density at radius 2 is 2.00 bits per heavy atom. The standard InChI is InChI=1S/C18H18ClNO5S/c1-11(17(21)20-14-6-7-16(25-2)15(19)9-14)26(24)10-12-4-3-5-13(8-12)18(22)23/h3-9,11H,10H2,1-2H3,(H,20,21)(H,22,23). The van der Waals surface area contributed by atoms with Crippen LogP contribution in [0.4, 0.5) is 5.69 Å². The summed E-state index contributed by atoms with van der Waals surface area (Å²) in [6.07, 6.45) is 0. The summed E-state index contributed by atoms with van der Waals surface area (Å²) in [5, 5.41) is 11.2. The van der Waals surface area contributed by atoms with Crippen LogP contribution in [0.1, 0.15) is 22.8 Å². The van der Waals surface area contributed by atoms with Crippen molar-refractivity contribution in [2.24, 2.45) is 0 Å². The van der Waals surface area contributed by atoms with Crippen LogP contribution in [-0.2, 0) is 21.3 Å². The average Bonchev–Trinajstić information content (AvgIpc) is 2.61. The Hall–Kier alpha value is -2.38. The van der Waals surface area contributed by atoms with E-state index in [4.69, 9.17) is 21.4 Å². The van der Waals surface area contributed by atoms with Crippen LogP contribution < -0.4 is 10.1 Å². The van der Waals surface area contributed by atoms with Gasteiger partial charge in [-0.15, -0.1) is 0 Å². The summed E-state index contributed by atoms with van der Waals surface area (Å²) in [5.74, 6) is -0.905. The van der Waals surface area contributed by atoms with E-state index < -0.39 is 27.9 Å². The predicted octanol–water partition coefficient (Wildman–Crippen LogP) is 3.32. The topological polar surface area (TPSA) is 92.7 Å². The van der Waals surface area contributed by atoms with Crippen LogP contribution in [0.5, 0.6) is 5.75 Å². The zero-order valence-electron chi connectivity index (χ0n) is 14.2. The van der Waals surface area contributed by atoms with Gasteiger partial charge in [0.2, 0.25) is 5.91 Å². The Morgan fingerprint density at radius 3 is 2.62 bits per heavy atom. The van der Waals surface area contributed by atoms with Gasteiger partial charge in [0.05, 0.1) is 17.7 Å². The maximum atomic E-state index is 12.4. The monoisotopic (exact) mass is 395 g/mol. The fourth-order valence-electron chi connectivity index (χ4n) is 2.19. The normalized spacial score (nSPS) is 12.9. The third kappa shape index (κ3) is 5.06. The number of hydrogen-bond donors (Lipinski definition) is 2. The highest BCUT2D eigenvalue weighted by atomic mass is 35.5. The number of carboxylic acids is 1.